The van der Waals surface area contributed by atoms with Gasteiger partial charge in [-0.1, -0.05) is 37.3 Å². The second kappa shape index (κ2) is 7.40. The third kappa shape index (κ3) is 4.44. The Morgan fingerprint density at radius 1 is 1.47 bits per heavy atom. The van der Waals surface area contributed by atoms with Crippen molar-refractivity contribution in [3.63, 3.8) is 0 Å². The van der Waals surface area contributed by atoms with Crippen LogP contribution >= 0.6 is 9.41 Å². The van der Waals surface area contributed by atoms with E-state index in [-0.39, 0.29) is 27.6 Å². The molecule has 0 aliphatic heterocycles. The van der Waals surface area contributed by atoms with Crippen molar-refractivity contribution in [2.45, 2.75) is 32.7 Å². The molecule has 4 heteroatoms. The molecule has 1 rings (SSSR count). The van der Waals surface area contributed by atoms with Gasteiger partial charge in [-0.15, -0.1) is 0 Å². The Hall–Kier alpha value is -0.940. The van der Waals surface area contributed by atoms with Crippen molar-refractivity contribution in [3.8, 4) is 0 Å². The molecule has 0 radical (unpaired) electrons. The second-order valence-electron chi connectivity index (χ2n) is 4.12. The lowest BCUT2D eigenvalue weighted by molar-refractivity contribution is 0.169. The van der Waals surface area contributed by atoms with Crippen LogP contribution in [0.1, 0.15) is 19.4 Å². The summed E-state index contributed by atoms with van der Waals surface area (Å²) in [6.45, 7) is 11.8. The van der Waals surface area contributed by atoms with Crippen LogP contribution in [0, 0.1) is 12.5 Å². The maximum absolute atomic E-state index is 7.24. The predicted molar refractivity (Wildman–Crippen MR) is 73.1 cm³/mol. The van der Waals surface area contributed by atoms with Crippen LogP contribution in [0.2, 0.25) is 0 Å². The van der Waals surface area contributed by atoms with E-state index < -0.39 is 0 Å². The summed E-state index contributed by atoms with van der Waals surface area (Å²) in [5.74, 6) is 0.0593. The summed E-state index contributed by atoms with van der Waals surface area (Å²) >= 11 is 0. The minimum absolute atomic E-state index is 0.0593. The molecule has 0 heterocycles. The van der Waals surface area contributed by atoms with E-state index in [1.165, 1.54) is 0 Å². The zero-order valence-corrected chi connectivity index (χ0v) is 11.2. The summed E-state index contributed by atoms with van der Waals surface area (Å²) in [5, 5.41) is 3.23. The van der Waals surface area contributed by atoms with E-state index in [1.54, 1.807) is 0 Å². The first-order valence-corrected chi connectivity index (χ1v) is 6.06. The van der Waals surface area contributed by atoms with Gasteiger partial charge < -0.3 is 4.52 Å². The molecule has 0 fully saturated rings. The molecule has 4 atom stereocenters. The smallest absolute Gasteiger partial charge is 0.282 e. The van der Waals surface area contributed by atoms with Gasteiger partial charge in [-0.2, -0.15) is 0 Å². The highest BCUT2D eigenvalue weighted by Gasteiger charge is 2.26. The lowest BCUT2D eigenvalue weighted by Gasteiger charge is -2.20. The van der Waals surface area contributed by atoms with Crippen LogP contribution in [0.25, 0.3) is 4.85 Å². The molecule has 3 nitrogen and oxygen atoms in total. The molecule has 0 aliphatic carbocycles. The van der Waals surface area contributed by atoms with Crippen LogP contribution in [-0.4, -0.2) is 13.5 Å². The van der Waals surface area contributed by atoms with Gasteiger partial charge in [0.1, 0.15) is 0 Å². The highest BCUT2D eigenvalue weighted by Crippen LogP contribution is 2.15. The van der Waals surface area contributed by atoms with Crippen molar-refractivity contribution < 1.29 is 4.52 Å². The molecule has 1 N–H and O–H groups in total. The third-order valence-electron chi connectivity index (χ3n) is 2.92. The summed E-state index contributed by atoms with van der Waals surface area (Å²) in [4.78, 5) is 3.61. The SMILES string of the molecule is [3H]PO[C@@H](C)[C@H](C)C([N+]#[C-])NCc1ccccc1. The van der Waals surface area contributed by atoms with Crippen LogP contribution in [0.5, 0.6) is 0 Å². The average molecular weight is 252 g/mol. The minimum Gasteiger partial charge on any atom is -0.362 e. The molecule has 0 aliphatic rings. The molecular formula is C13H19N2OP. The van der Waals surface area contributed by atoms with Crippen molar-refractivity contribution in [1.29, 1.82) is 1.28 Å². The van der Waals surface area contributed by atoms with Crippen LogP contribution in [0.3, 0.4) is 0 Å². The van der Waals surface area contributed by atoms with E-state index in [9.17, 15) is 0 Å². The van der Waals surface area contributed by atoms with E-state index in [2.05, 4.69) is 10.2 Å². The molecular weight excluding hydrogens is 231 g/mol. The summed E-state index contributed by atoms with van der Waals surface area (Å²) in [6, 6.07) is 10.0. The number of hydrogen-bond donors (Lipinski definition) is 1. The van der Waals surface area contributed by atoms with Gasteiger partial charge in [-0.3, -0.25) is 4.85 Å². The molecule has 0 bridgehead atoms. The van der Waals surface area contributed by atoms with Crippen molar-refractivity contribution >= 4 is 9.41 Å². The largest absolute Gasteiger partial charge is 0.362 e. The van der Waals surface area contributed by atoms with E-state index in [1.807, 2.05) is 44.2 Å². The average Bonchev–Trinajstić information content (AvgIpc) is 2.40. The van der Waals surface area contributed by atoms with Gasteiger partial charge in [0, 0.05) is 16.0 Å². The Morgan fingerprint density at radius 2 is 2.18 bits per heavy atom. The molecule has 2 unspecified atom stereocenters. The van der Waals surface area contributed by atoms with Gasteiger partial charge in [0.15, 0.2) is 0 Å². The maximum Gasteiger partial charge on any atom is 0.282 e. The number of nitrogens with zero attached hydrogens (tertiary/aromatic N) is 1. The molecule has 0 spiro atoms. The lowest BCUT2D eigenvalue weighted by Crippen LogP contribution is -2.36. The zero-order chi connectivity index (χ0) is 13.4. The fourth-order valence-electron chi connectivity index (χ4n) is 1.53. The summed E-state index contributed by atoms with van der Waals surface area (Å²) in [6.07, 6.45) is -0.361. The number of benzene rings is 1. The summed E-state index contributed by atoms with van der Waals surface area (Å²) in [5.41, 5.74) is 1.16. The topological polar surface area (TPSA) is 25.6 Å². The van der Waals surface area contributed by atoms with Crippen LogP contribution < -0.4 is 5.32 Å². The van der Waals surface area contributed by atoms with Crippen molar-refractivity contribution in [1.82, 2.24) is 5.32 Å². The first-order chi connectivity index (χ1) is 8.69. The van der Waals surface area contributed by atoms with E-state index in [4.69, 9.17) is 12.4 Å². The highest BCUT2D eigenvalue weighted by molar-refractivity contribution is 7.09. The Balaban J connectivity index is 2.50. The lowest BCUT2D eigenvalue weighted by atomic mass is 10.0. The maximum atomic E-state index is 7.24. The Labute approximate surface area is 107 Å². The molecule has 1 aromatic carbocycles. The molecule has 0 saturated heterocycles. The Bertz CT molecular complexity index is 382. The van der Waals surface area contributed by atoms with Crippen LogP contribution in [0.15, 0.2) is 30.3 Å². The Kier molecular flexibility index (Phi) is 5.45. The standard InChI is InChI=1S/C13H19N2OP/c1-10(11(2)16-17)13(14-3)15-9-12-7-5-4-6-8-12/h4-8,10-11,13,15H,9,17H2,1-2H3/t10-,11-,13?/m0/s1/i17T/t10-,11-,13?,17?. The fraction of sp³-hybridized carbons (Fsp3) is 0.462. The van der Waals surface area contributed by atoms with Crippen molar-refractivity contribution in [2.75, 3.05) is 0 Å². The van der Waals surface area contributed by atoms with Gasteiger partial charge in [-0.25, -0.2) is 11.9 Å². The molecule has 92 valence electrons. The predicted octanol–water partition coefficient (Wildman–Crippen LogP) is 2.85. The highest BCUT2D eigenvalue weighted by atomic mass is 31.0. The van der Waals surface area contributed by atoms with E-state index >= 15 is 0 Å². The number of hydrogen-bond acceptors (Lipinski definition) is 2. The first-order valence-electron chi connectivity index (χ1n) is 6.15. The van der Waals surface area contributed by atoms with Gasteiger partial charge >= 0.3 is 0 Å². The first kappa shape index (κ1) is 12.5. The van der Waals surface area contributed by atoms with Gasteiger partial charge in [0.25, 0.3) is 6.17 Å². The van der Waals surface area contributed by atoms with Gasteiger partial charge in [-0.05, 0) is 12.5 Å². The monoisotopic (exact) mass is 252 g/mol. The quantitative estimate of drug-likeness (QED) is 0.596. The van der Waals surface area contributed by atoms with Gasteiger partial charge in [0.05, 0.1) is 13.3 Å². The Morgan fingerprint density at radius 3 is 2.76 bits per heavy atom. The molecule has 1 aromatic rings. The zero-order valence-electron chi connectivity index (χ0n) is 11.2. The number of rotatable bonds is 7. The van der Waals surface area contributed by atoms with Crippen LogP contribution in [-0.2, 0) is 11.1 Å². The van der Waals surface area contributed by atoms with Crippen molar-refractivity contribution in [3.05, 3.63) is 47.3 Å². The summed E-state index contributed by atoms with van der Waals surface area (Å²) in [7, 11) is -0.281. The van der Waals surface area contributed by atoms with E-state index in [0.29, 0.717) is 6.54 Å². The molecule has 17 heavy (non-hydrogen) atoms. The van der Waals surface area contributed by atoms with Crippen LogP contribution in [0.4, 0.5) is 0 Å². The molecule has 0 aromatic heterocycles. The normalized spacial score (nSPS) is 17.4. The van der Waals surface area contributed by atoms with E-state index in [0.717, 1.165) is 5.56 Å². The summed E-state index contributed by atoms with van der Waals surface area (Å²) < 4.78 is 12.3. The second-order valence-corrected chi connectivity index (χ2v) is 4.36. The minimum atomic E-state index is -0.281. The third-order valence-corrected chi connectivity index (χ3v) is 3.29. The van der Waals surface area contributed by atoms with Crippen molar-refractivity contribution in [2.24, 2.45) is 5.92 Å². The molecule has 0 amide bonds. The molecule has 0 saturated carbocycles. The van der Waals surface area contributed by atoms with Gasteiger partial charge in [0.2, 0.25) is 0 Å². The fourth-order valence-corrected chi connectivity index (χ4v) is 1.75. The number of nitrogens with one attached hydrogen (secondary N) is 1.